The monoisotopic (exact) mass is 343 g/mol. The SMILES string of the molecule is c1ccc(-c2ncc(CN3CCCC(N4CCOCC4)C3)s2)cc1. The molecule has 3 heterocycles. The van der Waals surface area contributed by atoms with Crippen molar-refractivity contribution in [3.05, 3.63) is 41.4 Å². The second-order valence-electron chi connectivity index (χ2n) is 6.68. The molecule has 128 valence electrons. The molecular formula is C19H25N3OS. The Morgan fingerprint density at radius 3 is 2.79 bits per heavy atom. The van der Waals surface area contributed by atoms with Gasteiger partial charge >= 0.3 is 0 Å². The van der Waals surface area contributed by atoms with Gasteiger partial charge in [-0.15, -0.1) is 11.3 Å². The van der Waals surface area contributed by atoms with Crippen LogP contribution in [-0.4, -0.2) is 60.2 Å². The fraction of sp³-hybridized carbons (Fsp3) is 0.526. The number of likely N-dealkylation sites (tertiary alicyclic amines) is 1. The van der Waals surface area contributed by atoms with Crippen LogP contribution in [0.25, 0.3) is 10.6 Å². The van der Waals surface area contributed by atoms with E-state index in [9.17, 15) is 0 Å². The number of ether oxygens (including phenoxy) is 1. The van der Waals surface area contributed by atoms with Crippen molar-refractivity contribution in [2.24, 2.45) is 0 Å². The third-order valence-electron chi connectivity index (χ3n) is 5.00. The number of piperidine rings is 1. The van der Waals surface area contributed by atoms with Crippen molar-refractivity contribution in [2.45, 2.75) is 25.4 Å². The zero-order valence-corrected chi connectivity index (χ0v) is 14.9. The number of benzene rings is 1. The molecule has 2 saturated heterocycles. The summed E-state index contributed by atoms with van der Waals surface area (Å²) in [5.74, 6) is 0. The third kappa shape index (κ3) is 3.86. The van der Waals surface area contributed by atoms with E-state index in [-0.39, 0.29) is 0 Å². The fourth-order valence-electron chi connectivity index (χ4n) is 3.73. The van der Waals surface area contributed by atoms with E-state index in [1.54, 1.807) is 0 Å². The molecule has 1 aromatic carbocycles. The maximum absolute atomic E-state index is 5.50. The molecule has 1 aromatic heterocycles. The molecule has 0 radical (unpaired) electrons. The van der Waals surface area contributed by atoms with Crippen molar-refractivity contribution in [1.29, 1.82) is 0 Å². The van der Waals surface area contributed by atoms with Gasteiger partial charge in [-0.3, -0.25) is 9.80 Å². The summed E-state index contributed by atoms with van der Waals surface area (Å²) >= 11 is 1.83. The Hall–Kier alpha value is -1.27. The molecule has 0 N–H and O–H groups in total. The quantitative estimate of drug-likeness (QED) is 0.853. The summed E-state index contributed by atoms with van der Waals surface area (Å²) in [6.45, 7) is 7.40. The highest BCUT2D eigenvalue weighted by atomic mass is 32.1. The lowest BCUT2D eigenvalue weighted by Crippen LogP contribution is -2.51. The number of rotatable bonds is 4. The van der Waals surface area contributed by atoms with Gasteiger partial charge in [-0.25, -0.2) is 4.98 Å². The lowest BCUT2D eigenvalue weighted by atomic mass is 10.0. The van der Waals surface area contributed by atoms with Gasteiger partial charge in [0.2, 0.25) is 0 Å². The van der Waals surface area contributed by atoms with E-state index in [4.69, 9.17) is 4.74 Å². The highest BCUT2D eigenvalue weighted by molar-refractivity contribution is 7.15. The Labute approximate surface area is 148 Å². The largest absolute Gasteiger partial charge is 0.379 e. The molecule has 2 aromatic rings. The molecule has 4 rings (SSSR count). The number of aromatic nitrogens is 1. The van der Waals surface area contributed by atoms with Gasteiger partial charge in [0.25, 0.3) is 0 Å². The second-order valence-corrected chi connectivity index (χ2v) is 7.79. The van der Waals surface area contributed by atoms with Gasteiger partial charge < -0.3 is 4.74 Å². The normalized spacial score (nSPS) is 23.4. The van der Waals surface area contributed by atoms with Crippen molar-refractivity contribution in [2.75, 3.05) is 39.4 Å². The molecule has 4 nitrogen and oxygen atoms in total. The van der Waals surface area contributed by atoms with Crippen molar-refractivity contribution >= 4 is 11.3 Å². The minimum absolute atomic E-state index is 0.698. The van der Waals surface area contributed by atoms with E-state index >= 15 is 0 Å². The Kier molecular flexibility index (Phi) is 5.23. The van der Waals surface area contributed by atoms with Gasteiger partial charge in [-0.05, 0) is 19.4 Å². The van der Waals surface area contributed by atoms with Crippen LogP contribution in [0, 0.1) is 0 Å². The van der Waals surface area contributed by atoms with Gasteiger partial charge in [-0.2, -0.15) is 0 Å². The first kappa shape index (κ1) is 16.2. The highest BCUT2D eigenvalue weighted by Gasteiger charge is 2.26. The number of hydrogen-bond donors (Lipinski definition) is 0. The molecule has 0 amide bonds. The van der Waals surface area contributed by atoms with Gasteiger partial charge in [-0.1, -0.05) is 30.3 Å². The predicted octanol–water partition coefficient (Wildman–Crippen LogP) is 3.11. The zero-order valence-electron chi connectivity index (χ0n) is 14.1. The first-order chi connectivity index (χ1) is 11.9. The standard InChI is InChI=1S/C19H25N3OS/c1-2-5-16(6-3-1)19-20-13-18(24-19)15-21-8-4-7-17(14-21)22-9-11-23-12-10-22/h1-3,5-6,13,17H,4,7-12,14-15H2. The fourth-order valence-corrected chi connectivity index (χ4v) is 4.69. The molecule has 2 aliphatic heterocycles. The van der Waals surface area contributed by atoms with Crippen LogP contribution in [0.5, 0.6) is 0 Å². The summed E-state index contributed by atoms with van der Waals surface area (Å²) in [7, 11) is 0. The van der Waals surface area contributed by atoms with Crippen LogP contribution in [0.2, 0.25) is 0 Å². The van der Waals surface area contributed by atoms with Gasteiger partial charge in [0.15, 0.2) is 0 Å². The summed E-state index contributed by atoms with van der Waals surface area (Å²) < 4.78 is 5.50. The molecule has 1 atom stereocenters. The van der Waals surface area contributed by atoms with Gasteiger partial charge in [0, 0.05) is 48.9 Å². The molecule has 0 aliphatic carbocycles. The molecule has 24 heavy (non-hydrogen) atoms. The van der Waals surface area contributed by atoms with Crippen molar-refractivity contribution in [3.8, 4) is 10.6 Å². The number of hydrogen-bond acceptors (Lipinski definition) is 5. The summed E-state index contributed by atoms with van der Waals surface area (Å²) in [6, 6.07) is 11.2. The van der Waals surface area contributed by atoms with Crippen molar-refractivity contribution in [3.63, 3.8) is 0 Å². The molecular weight excluding hydrogens is 318 g/mol. The Bertz CT molecular complexity index is 639. The Morgan fingerprint density at radius 1 is 1.12 bits per heavy atom. The lowest BCUT2D eigenvalue weighted by molar-refractivity contribution is -0.00347. The summed E-state index contributed by atoms with van der Waals surface area (Å²) in [5, 5.41) is 1.13. The van der Waals surface area contributed by atoms with E-state index in [2.05, 4.69) is 51.3 Å². The third-order valence-corrected chi connectivity index (χ3v) is 6.03. The van der Waals surface area contributed by atoms with Crippen LogP contribution < -0.4 is 0 Å². The van der Waals surface area contributed by atoms with Crippen LogP contribution in [0.15, 0.2) is 36.5 Å². The van der Waals surface area contributed by atoms with Crippen molar-refractivity contribution < 1.29 is 4.74 Å². The smallest absolute Gasteiger partial charge is 0.123 e. The average Bonchev–Trinajstić information content (AvgIpc) is 3.12. The van der Waals surface area contributed by atoms with Crippen LogP contribution in [-0.2, 0) is 11.3 Å². The number of morpholine rings is 1. The maximum atomic E-state index is 5.50. The molecule has 0 saturated carbocycles. The van der Waals surface area contributed by atoms with E-state index in [0.717, 1.165) is 37.9 Å². The van der Waals surface area contributed by atoms with Crippen LogP contribution in [0.1, 0.15) is 17.7 Å². The number of thiazole rings is 1. The van der Waals surface area contributed by atoms with Crippen LogP contribution in [0.3, 0.4) is 0 Å². The zero-order chi connectivity index (χ0) is 16.2. The van der Waals surface area contributed by atoms with Gasteiger partial charge in [0.05, 0.1) is 13.2 Å². The number of nitrogens with zero attached hydrogens (tertiary/aromatic N) is 3. The van der Waals surface area contributed by atoms with E-state index < -0.39 is 0 Å². The summed E-state index contributed by atoms with van der Waals surface area (Å²) in [5.41, 5.74) is 1.22. The highest BCUT2D eigenvalue weighted by Crippen LogP contribution is 2.27. The van der Waals surface area contributed by atoms with E-state index in [1.807, 2.05) is 11.3 Å². The first-order valence-electron chi connectivity index (χ1n) is 8.93. The predicted molar refractivity (Wildman–Crippen MR) is 98.2 cm³/mol. The minimum Gasteiger partial charge on any atom is -0.379 e. The molecule has 2 aliphatic rings. The topological polar surface area (TPSA) is 28.6 Å². The molecule has 0 bridgehead atoms. The van der Waals surface area contributed by atoms with Crippen LogP contribution in [0.4, 0.5) is 0 Å². The van der Waals surface area contributed by atoms with Gasteiger partial charge in [0.1, 0.15) is 5.01 Å². The first-order valence-corrected chi connectivity index (χ1v) is 9.74. The maximum Gasteiger partial charge on any atom is 0.123 e. The summed E-state index contributed by atoms with van der Waals surface area (Å²) in [4.78, 5) is 11.2. The minimum atomic E-state index is 0.698. The Balaban J connectivity index is 1.37. The van der Waals surface area contributed by atoms with E-state index in [1.165, 1.54) is 36.4 Å². The molecule has 0 spiro atoms. The molecule has 5 heteroatoms. The second kappa shape index (κ2) is 7.74. The van der Waals surface area contributed by atoms with Crippen LogP contribution >= 0.6 is 11.3 Å². The van der Waals surface area contributed by atoms with E-state index in [0.29, 0.717) is 6.04 Å². The average molecular weight is 343 g/mol. The molecule has 1 unspecified atom stereocenters. The molecule has 2 fully saturated rings. The lowest BCUT2D eigenvalue weighted by Gasteiger charge is -2.40. The van der Waals surface area contributed by atoms with Crippen molar-refractivity contribution in [1.82, 2.24) is 14.8 Å². The Morgan fingerprint density at radius 2 is 1.96 bits per heavy atom. The summed E-state index contributed by atoms with van der Waals surface area (Å²) in [6.07, 6.45) is 4.69.